The predicted octanol–water partition coefficient (Wildman–Crippen LogP) is 9.65. The summed E-state index contributed by atoms with van der Waals surface area (Å²) >= 11 is 12.2. The number of nitro benzene ring substituents is 1. The number of non-ortho nitro benzene ring substituents is 1. The number of carbonyl (C=O) groups is 1. The molecule has 0 radical (unpaired) electrons. The minimum Gasteiger partial charge on any atom is -0.466 e. The molecule has 0 aliphatic heterocycles. The first-order valence-corrected chi connectivity index (χ1v) is 17.8. The minimum absolute atomic E-state index is 0.0310. The van der Waals surface area contributed by atoms with Crippen LogP contribution >= 0.6 is 23.2 Å². The largest absolute Gasteiger partial charge is 0.466 e. The van der Waals surface area contributed by atoms with E-state index in [2.05, 4.69) is 30.3 Å². The van der Waals surface area contributed by atoms with Crippen molar-refractivity contribution in [3.63, 3.8) is 0 Å². The molecule has 282 valence electrons. The van der Waals surface area contributed by atoms with Gasteiger partial charge in [-0.1, -0.05) is 47.5 Å². The van der Waals surface area contributed by atoms with Crippen LogP contribution < -0.4 is 16.4 Å². The maximum atomic E-state index is 10.9. The zero-order chi connectivity index (χ0) is 39.6. The topological polar surface area (TPSA) is 180 Å². The third-order valence-corrected chi connectivity index (χ3v) is 8.39. The molecule has 0 spiro atoms. The van der Waals surface area contributed by atoms with E-state index < -0.39 is 4.92 Å². The van der Waals surface area contributed by atoms with Gasteiger partial charge in [-0.3, -0.25) is 33.7 Å². The number of esters is 1. The number of imidazole rings is 2. The highest BCUT2D eigenvalue weighted by molar-refractivity contribution is 6.31. The number of ether oxygens (including phenoxy) is 1. The fraction of sp³-hybridized carbons (Fsp3) is 0.0750. The van der Waals surface area contributed by atoms with E-state index in [-0.39, 0.29) is 11.7 Å². The number of halogens is 2. The second kappa shape index (κ2) is 17.9. The molecule has 0 aliphatic carbocycles. The van der Waals surface area contributed by atoms with E-state index >= 15 is 0 Å². The summed E-state index contributed by atoms with van der Waals surface area (Å²) in [6, 6.07) is 28.8. The van der Waals surface area contributed by atoms with Crippen molar-refractivity contribution in [1.82, 2.24) is 28.7 Å². The van der Waals surface area contributed by atoms with E-state index in [0.29, 0.717) is 33.7 Å². The van der Waals surface area contributed by atoms with Gasteiger partial charge in [-0.15, -0.1) is 0 Å². The van der Waals surface area contributed by atoms with Crippen LogP contribution in [0.3, 0.4) is 0 Å². The van der Waals surface area contributed by atoms with Crippen LogP contribution in [0.25, 0.3) is 33.8 Å². The molecule has 0 saturated carbocycles. The highest BCUT2D eigenvalue weighted by Crippen LogP contribution is 2.33. The summed E-state index contributed by atoms with van der Waals surface area (Å²) in [5, 5.41) is 18.9. The van der Waals surface area contributed by atoms with Crippen molar-refractivity contribution in [1.29, 1.82) is 0 Å². The molecule has 14 nitrogen and oxygen atoms in total. The fourth-order valence-electron chi connectivity index (χ4n) is 5.45. The Morgan fingerprint density at radius 2 is 1.23 bits per heavy atom. The summed E-state index contributed by atoms with van der Waals surface area (Å²) < 4.78 is 8.23. The van der Waals surface area contributed by atoms with Gasteiger partial charge < -0.3 is 21.1 Å². The first-order chi connectivity index (χ1) is 27.1. The Morgan fingerprint density at radius 3 is 1.62 bits per heavy atom. The molecule has 4 N–H and O–H groups in total. The highest BCUT2D eigenvalue weighted by atomic mass is 35.5. The Kier molecular flexibility index (Phi) is 12.3. The number of nitrogen functional groups attached to an aromatic ring is 1. The number of hydrogen-bond donors (Lipinski definition) is 3. The summed E-state index contributed by atoms with van der Waals surface area (Å²) in [5.41, 5.74) is 12.9. The van der Waals surface area contributed by atoms with Crippen LogP contribution in [0.1, 0.15) is 13.8 Å². The molecule has 0 aliphatic rings. The van der Waals surface area contributed by atoms with Crippen molar-refractivity contribution in [3.8, 4) is 22.5 Å². The lowest BCUT2D eigenvalue weighted by Gasteiger charge is -2.09. The van der Waals surface area contributed by atoms with Crippen molar-refractivity contribution >= 4 is 74.9 Å². The Bertz CT molecular complexity index is 2610. The van der Waals surface area contributed by atoms with Gasteiger partial charge in [0, 0.05) is 82.1 Å². The summed E-state index contributed by atoms with van der Waals surface area (Å²) in [5.74, 6) is 1.36. The molecule has 0 atom stereocenters. The van der Waals surface area contributed by atoms with E-state index in [1.165, 1.54) is 19.1 Å². The zero-order valence-electron chi connectivity index (χ0n) is 30.0. The zero-order valence-corrected chi connectivity index (χ0v) is 31.5. The second-order valence-electron chi connectivity index (χ2n) is 11.8. The van der Waals surface area contributed by atoms with E-state index in [1.807, 2.05) is 81.7 Å². The minimum atomic E-state index is -0.428. The molecule has 4 aromatic carbocycles. The number of nitrogens with one attached hydrogen (secondary N) is 2. The number of fused-ring (bicyclic) bond motifs is 2. The second-order valence-corrected chi connectivity index (χ2v) is 12.7. The highest BCUT2D eigenvalue weighted by Gasteiger charge is 2.17. The van der Waals surface area contributed by atoms with E-state index in [1.54, 1.807) is 56.1 Å². The van der Waals surface area contributed by atoms with Crippen LogP contribution in [-0.2, 0) is 9.53 Å². The number of nitrogens with two attached hydrogens (primary N) is 1. The van der Waals surface area contributed by atoms with Crippen molar-refractivity contribution < 1.29 is 14.5 Å². The molecule has 4 aromatic heterocycles. The van der Waals surface area contributed by atoms with Crippen LogP contribution in [0.5, 0.6) is 0 Å². The van der Waals surface area contributed by atoms with Crippen molar-refractivity contribution in [2.75, 3.05) is 23.0 Å². The molecule has 0 bridgehead atoms. The molecule has 0 unspecified atom stereocenters. The van der Waals surface area contributed by atoms with Gasteiger partial charge in [0.05, 0.1) is 23.9 Å². The monoisotopic (exact) mass is 788 g/mol. The quantitative estimate of drug-likeness (QED) is 0.0577. The van der Waals surface area contributed by atoms with Gasteiger partial charge in [-0.2, -0.15) is 0 Å². The Hall–Kier alpha value is -7.03. The molecule has 8 rings (SSSR count). The summed E-state index contributed by atoms with van der Waals surface area (Å²) in [7, 11) is 0. The van der Waals surface area contributed by atoms with Crippen LogP contribution in [-0.4, -0.2) is 46.2 Å². The van der Waals surface area contributed by atoms with Crippen molar-refractivity contribution in [2.45, 2.75) is 13.8 Å². The average molecular weight is 790 g/mol. The normalized spacial score (nSPS) is 10.5. The third-order valence-electron chi connectivity index (χ3n) is 7.92. The van der Waals surface area contributed by atoms with Gasteiger partial charge in [-0.05, 0) is 67.6 Å². The number of hydrogen-bond acceptors (Lipinski definition) is 11. The van der Waals surface area contributed by atoms with Gasteiger partial charge in [0.2, 0.25) is 0 Å². The molecule has 8 aromatic rings. The third kappa shape index (κ3) is 9.55. The Morgan fingerprint density at radius 1 is 0.768 bits per heavy atom. The van der Waals surface area contributed by atoms with E-state index in [9.17, 15) is 14.9 Å². The van der Waals surface area contributed by atoms with Crippen LogP contribution in [0.2, 0.25) is 10.0 Å². The van der Waals surface area contributed by atoms with E-state index in [0.717, 1.165) is 45.5 Å². The number of benzene rings is 4. The maximum Gasteiger partial charge on any atom is 0.302 e. The SMILES string of the molecule is CCOC(C)=O.Nc1ccc(-c2nc3cnccn3c2Nc2cccc(Cl)c2)cc1.O=[N+]([O-])c1ccc(-c2nc3cnccn3c2Nc2cccc(Cl)c2)cc1. The van der Waals surface area contributed by atoms with Gasteiger partial charge in [0.25, 0.3) is 5.69 Å². The first-order valence-electron chi connectivity index (χ1n) is 17.0. The summed E-state index contributed by atoms with van der Waals surface area (Å²) in [6.07, 6.45) is 10.4. The maximum absolute atomic E-state index is 10.9. The lowest BCUT2D eigenvalue weighted by atomic mass is 10.1. The Balaban J connectivity index is 0.000000166. The molecule has 16 heteroatoms. The van der Waals surface area contributed by atoms with Gasteiger partial charge >= 0.3 is 5.97 Å². The number of rotatable bonds is 8. The predicted molar refractivity (Wildman–Crippen MR) is 220 cm³/mol. The molecular weight excluding hydrogens is 755 g/mol. The first kappa shape index (κ1) is 38.7. The van der Waals surface area contributed by atoms with Crippen LogP contribution in [0.4, 0.5) is 34.4 Å². The van der Waals surface area contributed by atoms with Gasteiger partial charge in [-0.25, -0.2) is 9.97 Å². The molecule has 56 heavy (non-hydrogen) atoms. The molecule has 4 heterocycles. The number of aromatic nitrogens is 6. The van der Waals surface area contributed by atoms with Gasteiger partial charge in [0.15, 0.2) is 11.3 Å². The smallest absolute Gasteiger partial charge is 0.302 e. The van der Waals surface area contributed by atoms with Crippen LogP contribution in [0, 0.1) is 10.1 Å². The average Bonchev–Trinajstić information content (AvgIpc) is 3.74. The van der Waals surface area contributed by atoms with Crippen molar-refractivity contribution in [3.05, 3.63) is 154 Å². The standard InChI is InChI=1S/C18H12ClN5O2.C18H14ClN5.C4H8O2/c19-13-2-1-3-14(10-13)21-18-17(22-16-11-20-8-9-23(16)18)12-4-6-15(7-5-12)24(25)26;19-13-2-1-3-15(10-13)22-18-17(12-4-6-14(20)7-5-12)23-16-11-21-8-9-24(16)18;1-3-6-4(2)5/h1-11,21H;1-11,22H,20H2;3H2,1-2H3. The van der Waals surface area contributed by atoms with Crippen LogP contribution in [0.15, 0.2) is 134 Å². The number of nitro groups is 1. The molecular formula is C40H34Cl2N10O4. The van der Waals surface area contributed by atoms with Crippen molar-refractivity contribution in [2.24, 2.45) is 0 Å². The molecule has 0 amide bonds. The number of anilines is 5. The summed E-state index contributed by atoms with van der Waals surface area (Å²) in [6.45, 7) is 3.65. The lowest BCUT2D eigenvalue weighted by molar-refractivity contribution is -0.384. The molecule has 0 saturated heterocycles. The Labute approximate surface area is 330 Å². The number of carbonyl (C=O) groups excluding carboxylic acids is 1. The summed E-state index contributed by atoms with van der Waals surface area (Å²) in [4.78, 5) is 37.8. The van der Waals surface area contributed by atoms with Gasteiger partial charge in [0.1, 0.15) is 23.0 Å². The van der Waals surface area contributed by atoms with E-state index in [4.69, 9.17) is 33.9 Å². The lowest BCUT2D eigenvalue weighted by Crippen LogP contribution is -1.97. The molecule has 0 fully saturated rings. The number of nitrogens with zero attached hydrogens (tertiary/aromatic N) is 7. The fourth-order valence-corrected chi connectivity index (χ4v) is 5.83.